The fourth-order valence-corrected chi connectivity index (χ4v) is 3.85. The minimum absolute atomic E-state index is 0.0279. The van der Waals surface area contributed by atoms with Gasteiger partial charge in [-0.3, -0.25) is 4.79 Å². The number of amides is 1. The van der Waals surface area contributed by atoms with Crippen LogP contribution in [0.15, 0.2) is 59.5 Å². The Labute approximate surface area is 156 Å². The molecule has 0 fully saturated rings. The molecule has 2 aromatic carbocycles. The molecule has 0 saturated carbocycles. The van der Waals surface area contributed by atoms with E-state index in [0.29, 0.717) is 6.54 Å². The predicted octanol–water partition coefficient (Wildman–Crippen LogP) is 3.13. The van der Waals surface area contributed by atoms with Crippen molar-refractivity contribution in [1.82, 2.24) is 5.32 Å². The van der Waals surface area contributed by atoms with Gasteiger partial charge in [-0.15, -0.1) is 0 Å². The predicted molar refractivity (Wildman–Crippen MR) is 105 cm³/mol. The third-order valence-corrected chi connectivity index (χ3v) is 6.03. The fourth-order valence-electron chi connectivity index (χ4n) is 2.76. The molecule has 5 nitrogen and oxygen atoms in total. The van der Waals surface area contributed by atoms with Crippen LogP contribution in [0.1, 0.15) is 30.6 Å². The summed E-state index contributed by atoms with van der Waals surface area (Å²) in [6.45, 7) is 5.86. The number of para-hydroxylation sites is 1. The maximum absolute atomic E-state index is 12.4. The van der Waals surface area contributed by atoms with Gasteiger partial charge in [0.1, 0.15) is 0 Å². The molecule has 0 aliphatic carbocycles. The Morgan fingerprint density at radius 2 is 1.65 bits per heavy atom. The second-order valence-electron chi connectivity index (χ2n) is 5.92. The molecule has 0 heterocycles. The van der Waals surface area contributed by atoms with Crippen molar-refractivity contribution in [3.05, 3.63) is 60.2 Å². The summed E-state index contributed by atoms with van der Waals surface area (Å²) in [7, 11) is -3.43. The molecular formula is C20H26N2O3S. The van der Waals surface area contributed by atoms with E-state index in [1.54, 1.807) is 25.1 Å². The molecule has 140 valence electrons. The third-order valence-electron chi connectivity index (χ3n) is 4.24. The summed E-state index contributed by atoms with van der Waals surface area (Å²) in [5.74, 6) is -0.375. The van der Waals surface area contributed by atoms with Crippen molar-refractivity contribution in [1.29, 1.82) is 0 Å². The van der Waals surface area contributed by atoms with Crippen LogP contribution in [0, 0.1) is 0 Å². The summed E-state index contributed by atoms with van der Waals surface area (Å²) in [5.41, 5.74) is 1.37. The quantitative estimate of drug-likeness (QED) is 0.685. The topological polar surface area (TPSA) is 66.5 Å². The highest BCUT2D eigenvalue weighted by Gasteiger charge is 2.20. The zero-order valence-corrected chi connectivity index (χ0v) is 16.1. The van der Waals surface area contributed by atoms with Crippen molar-refractivity contribution >= 4 is 21.4 Å². The van der Waals surface area contributed by atoms with Crippen LogP contribution in [-0.2, 0) is 9.84 Å². The minimum Gasteiger partial charge on any atom is -0.372 e. The van der Waals surface area contributed by atoms with Gasteiger partial charge in [-0.2, -0.15) is 0 Å². The first kappa shape index (κ1) is 20.0. The van der Waals surface area contributed by atoms with Crippen LogP contribution in [0.2, 0.25) is 0 Å². The summed E-state index contributed by atoms with van der Waals surface area (Å²) in [6.07, 6.45) is 0.775. The minimum atomic E-state index is -3.43. The van der Waals surface area contributed by atoms with E-state index >= 15 is 0 Å². The Balaban J connectivity index is 1.94. The summed E-state index contributed by atoms with van der Waals surface area (Å²) >= 11 is 0. The van der Waals surface area contributed by atoms with Crippen molar-refractivity contribution < 1.29 is 13.2 Å². The maximum atomic E-state index is 12.4. The number of sulfone groups is 1. The lowest BCUT2D eigenvalue weighted by Gasteiger charge is -2.23. The smallest absolute Gasteiger partial charge is 0.252 e. The first-order chi connectivity index (χ1) is 12.5. The van der Waals surface area contributed by atoms with E-state index in [4.69, 9.17) is 0 Å². The molecule has 1 amide bonds. The highest BCUT2D eigenvalue weighted by atomic mass is 32.2. The molecule has 0 unspecified atom stereocenters. The summed E-state index contributed by atoms with van der Waals surface area (Å²) < 4.78 is 24.3. The fraction of sp³-hybridized carbons (Fsp3) is 0.350. The summed E-state index contributed by atoms with van der Waals surface area (Å²) in [4.78, 5) is 14.8. The van der Waals surface area contributed by atoms with Gasteiger partial charge in [0, 0.05) is 25.3 Å². The Morgan fingerprint density at radius 3 is 2.31 bits per heavy atom. The molecule has 0 atom stereocenters. The third kappa shape index (κ3) is 5.08. The first-order valence-corrected chi connectivity index (χ1v) is 10.5. The van der Waals surface area contributed by atoms with Crippen LogP contribution in [-0.4, -0.2) is 39.7 Å². The van der Waals surface area contributed by atoms with Gasteiger partial charge in [0.15, 0.2) is 9.84 Å². The average Bonchev–Trinajstić information content (AvgIpc) is 2.68. The van der Waals surface area contributed by atoms with E-state index in [-0.39, 0.29) is 22.1 Å². The first-order valence-electron chi connectivity index (χ1n) is 8.89. The van der Waals surface area contributed by atoms with Gasteiger partial charge in [0.25, 0.3) is 5.91 Å². The second-order valence-corrected chi connectivity index (χ2v) is 8.17. The van der Waals surface area contributed by atoms with Crippen LogP contribution in [0.25, 0.3) is 0 Å². The largest absolute Gasteiger partial charge is 0.372 e. The lowest BCUT2D eigenvalue weighted by Crippen LogP contribution is -2.30. The van der Waals surface area contributed by atoms with Gasteiger partial charge in [-0.05, 0) is 37.6 Å². The number of carbonyl (C=O) groups is 1. The highest BCUT2D eigenvalue weighted by molar-refractivity contribution is 7.91. The average molecular weight is 375 g/mol. The number of hydrogen-bond acceptors (Lipinski definition) is 4. The van der Waals surface area contributed by atoms with Gasteiger partial charge < -0.3 is 10.2 Å². The van der Waals surface area contributed by atoms with E-state index in [2.05, 4.69) is 29.3 Å². The molecule has 0 spiro atoms. The van der Waals surface area contributed by atoms with Gasteiger partial charge in [-0.1, -0.05) is 37.3 Å². The van der Waals surface area contributed by atoms with E-state index in [1.807, 2.05) is 18.2 Å². The van der Waals surface area contributed by atoms with Crippen LogP contribution in [0.5, 0.6) is 0 Å². The van der Waals surface area contributed by atoms with E-state index in [9.17, 15) is 13.2 Å². The zero-order chi connectivity index (χ0) is 19.0. The van der Waals surface area contributed by atoms with Crippen LogP contribution in [0.3, 0.4) is 0 Å². The Morgan fingerprint density at radius 1 is 1.00 bits per heavy atom. The van der Waals surface area contributed by atoms with Gasteiger partial charge >= 0.3 is 0 Å². The number of rotatable bonds is 9. The lowest BCUT2D eigenvalue weighted by molar-refractivity contribution is 0.0950. The molecule has 1 N–H and O–H groups in total. The molecule has 0 radical (unpaired) electrons. The summed E-state index contributed by atoms with van der Waals surface area (Å²) in [5, 5.41) is 2.84. The summed E-state index contributed by atoms with van der Waals surface area (Å²) in [6, 6.07) is 16.5. The Bertz CT molecular complexity index is 820. The van der Waals surface area contributed by atoms with Gasteiger partial charge in [0.2, 0.25) is 0 Å². The van der Waals surface area contributed by atoms with E-state index in [1.165, 1.54) is 6.07 Å². The number of carbonyl (C=O) groups excluding carboxylic acids is 1. The Kier molecular flexibility index (Phi) is 7.21. The Hall–Kier alpha value is -2.34. The molecule has 6 heteroatoms. The second kappa shape index (κ2) is 9.38. The zero-order valence-electron chi connectivity index (χ0n) is 15.3. The monoisotopic (exact) mass is 374 g/mol. The van der Waals surface area contributed by atoms with Gasteiger partial charge in [0.05, 0.1) is 16.2 Å². The van der Waals surface area contributed by atoms with Crippen molar-refractivity contribution in [3.63, 3.8) is 0 Å². The van der Waals surface area contributed by atoms with Crippen molar-refractivity contribution in [2.24, 2.45) is 0 Å². The number of benzene rings is 2. The highest BCUT2D eigenvalue weighted by Crippen LogP contribution is 2.17. The molecule has 0 aliphatic heterocycles. The molecule has 0 bridgehead atoms. The SMILES string of the molecule is CCN(CCCNC(=O)c1ccccc1S(=O)(=O)CC)c1ccccc1. The lowest BCUT2D eigenvalue weighted by atomic mass is 10.2. The molecule has 0 saturated heterocycles. The molecule has 0 aliphatic rings. The number of nitrogens with zero attached hydrogens (tertiary/aromatic N) is 1. The van der Waals surface area contributed by atoms with Crippen LogP contribution < -0.4 is 10.2 Å². The molecular weight excluding hydrogens is 348 g/mol. The number of hydrogen-bond donors (Lipinski definition) is 1. The van der Waals surface area contributed by atoms with Crippen molar-refractivity contribution in [2.45, 2.75) is 25.2 Å². The molecule has 0 aromatic heterocycles. The van der Waals surface area contributed by atoms with Crippen LogP contribution >= 0.6 is 0 Å². The number of nitrogens with one attached hydrogen (secondary N) is 1. The maximum Gasteiger partial charge on any atom is 0.252 e. The van der Waals surface area contributed by atoms with Gasteiger partial charge in [-0.25, -0.2) is 8.42 Å². The van der Waals surface area contributed by atoms with Crippen molar-refractivity contribution in [3.8, 4) is 0 Å². The normalized spacial score (nSPS) is 11.2. The van der Waals surface area contributed by atoms with E-state index in [0.717, 1.165) is 25.2 Å². The molecule has 26 heavy (non-hydrogen) atoms. The number of anilines is 1. The van der Waals surface area contributed by atoms with E-state index < -0.39 is 9.84 Å². The standard InChI is InChI=1S/C20H26N2O3S/c1-3-22(17-11-6-5-7-12-17)16-10-15-21-20(23)18-13-8-9-14-19(18)26(24,25)4-2/h5-9,11-14H,3-4,10,15-16H2,1-2H3,(H,21,23). The van der Waals surface area contributed by atoms with Crippen molar-refractivity contribution in [2.75, 3.05) is 30.3 Å². The molecule has 2 rings (SSSR count). The molecule has 2 aromatic rings. The van der Waals surface area contributed by atoms with Crippen LogP contribution in [0.4, 0.5) is 5.69 Å².